The van der Waals surface area contributed by atoms with Crippen molar-refractivity contribution in [1.29, 1.82) is 0 Å². The van der Waals surface area contributed by atoms with Gasteiger partial charge >= 0.3 is 20.2 Å². The van der Waals surface area contributed by atoms with Crippen LogP contribution >= 0.6 is 0 Å². The molecule has 0 unspecified atom stereocenters. The Balaban J connectivity index is 1.52. The van der Waals surface area contributed by atoms with E-state index < -0.39 is 42.7 Å². The molecule has 0 fully saturated rings. The van der Waals surface area contributed by atoms with Crippen molar-refractivity contribution in [2.24, 2.45) is 0 Å². The van der Waals surface area contributed by atoms with Crippen molar-refractivity contribution in [2.75, 3.05) is 0 Å². The fraction of sp³-hybridized carbons (Fsp3) is 0.0769. The smallest absolute Gasteiger partial charge is 0.321 e. The van der Waals surface area contributed by atoms with Crippen LogP contribution in [0.15, 0.2) is 88.7 Å². The number of carbonyl (C=O) groups is 2. The van der Waals surface area contributed by atoms with E-state index in [0.29, 0.717) is 11.1 Å². The van der Waals surface area contributed by atoms with Crippen LogP contribution in [0.1, 0.15) is 31.8 Å². The Morgan fingerprint density at radius 1 is 0.667 bits per heavy atom. The van der Waals surface area contributed by atoms with E-state index >= 15 is 0 Å². The fourth-order valence-electron chi connectivity index (χ4n) is 3.64. The first-order chi connectivity index (χ1) is 18.4. The highest BCUT2D eigenvalue weighted by Crippen LogP contribution is 2.31. The average Bonchev–Trinajstić information content (AvgIpc) is 2.90. The average molecular weight is 571 g/mol. The Hall–Kier alpha value is -4.30. The summed E-state index contributed by atoms with van der Waals surface area (Å²) in [5.41, 5.74) is 5.38. The van der Waals surface area contributed by atoms with Gasteiger partial charge in [0.05, 0.1) is 4.90 Å². The highest BCUT2D eigenvalue weighted by atomic mass is 32.2. The molecule has 3 N–H and O–H groups in total. The molecule has 0 bridgehead atoms. The van der Waals surface area contributed by atoms with E-state index in [1.54, 1.807) is 50.2 Å². The van der Waals surface area contributed by atoms with Crippen LogP contribution < -0.4 is 11.0 Å². The molecule has 4 aromatic carbocycles. The van der Waals surface area contributed by atoms with Gasteiger partial charge < -0.3 is 5.11 Å². The van der Waals surface area contributed by atoms with Gasteiger partial charge in [0.1, 0.15) is 10.6 Å². The topological polar surface area (TPSA) is 165 Å². The monoisotopic (exact) mass is 570 g/mol. The highest BCUT2D eigenvalue weighted by Gasteiger charge is 2.24. The van der Waals surface area contributed by atoms with Gasteiger partial charge in [-0.15, -0.1) is 8.57 Å². The third kappa shape index (κ3) is 6.07. The quantitative estimate of drug-likeness (QED) is 0.270. The van der Waals surface area contributed by atoms with Crippen molar-refractivity contribution in [3.8, 4) is 5.75 Å². The van der Waals surface area contributed by atoms with Crippen LogP contribution in [-0.2, 0) is 28.8 Å². The molecule has 0 saturated heterocycles. The minimum Gasteiger partial charge on any atom is -0.506 e. The fourth-order valence-corrected chi connectivity index (χ4v) is 5.29. The Bertz CT molecular complexity index is 1820. The molecule has 0 aromatic heterocycles. The molecule has 2 amide bonds. The maximum absolute atomic E-state index is 12.7. The second-order valence-electron chi connectivity index (χ2n) is 8.40. The molecule has 0 saturated carbocycles. The van der Waals surface area contributed by atoms with Gasteiger partial charge in [0.25, 0.3) is 11.8 Å². The molecule has 13 heteroatoms. The lowest BCUT2D eigenvalue weighted by Crippen LogP contribution is -2.28. The van der Waals surface area contributed by atoms with Gasteiger partial charge in [-0.05, 0) is 72.1 Å². The molecule has 0 radical (unpaired) electrons. The lowest BCUT2D eigenvalue weighted by atomic mass is 10.1. The summed E-state index contributed by atoms with van der Waals surface area (Å²) in [6.45, 7) is 3.34. The largest absolute Gasteiger partial charge is 0.506 e. The lowest BCUT2D eigenvalue weighted by molar-refractivity contribution is 0.0765. The van der Waals surface area contributed by atoms with Crippen molar-refractivity contribution in [2.45, 2.75) is 23.6 Å². The minimum absolute atomic E-state index is 0.144. The number of phenolic OH excluding ortho intramolecular Hbond substituents is 1. The number of phenols is 1. The Labute approximate surface area is 224 Å². The summed E-state index contributed by atoms with van der Waals surface area (Å²) in [5.74, 6) is -2.32. The third-order valence-electron chi connectivity index (χ3n) is 5.72. The van der Waals surface area contributed by atoms with Crippen molar-refractivity contribution in [3.63, 3.8) is 0 Å². The molecule has 11 nitrogen and oxygen atoms in total. The second-order valence-corrected chi connectivity index (χ2v) is 11.5. The van der Waals surface area contributed by atoms with Crippen molar-refractivity contribution < 1.29 is 40.1 Å². The number of hydrogen-bond donors (Lipinski definition) is 3. The van der Waals surface area contributed by atoms with Crippen molar-refractivity contribution in [1.82, 2.24) is 11.0 Å². The number of benzene rings is 4. The van der Waals surface area contributed by atoms with Gasteiger partial charge in [-0.1, -0.05) is 42.5 Å². The third-order valence-corrected chi connectivity index (χ3v) is 8.02. The van der Waals surface area contributed by atoms with Gasteiger partial charge in [-0.25, -0.2) is 11.0 Å². The number of rotatable bonds is 8. The molecular weight excluding hydrogens is 548 g/mol. The van der Waals surface area contributed by atoms with E-state index in [4.69, 9.17) is 4.28 Å². The van der Waals surface area contributed by atoms with Crippen LogP contribution in [0, 0.1) is 13.8 Å². The predicted molar refractivity (Wildman–Crippen MR) is 139 cm³/mol. The van der Waals surface area contributed by atoms with Gasteiger partial charge in [-0.3, -0.25) is 9.59 Å². The Kier molecular flexibility index (Phi) is 7.70. The van der Waals surface area contributed by atoms with Crippen LogP contribution in [0.3, 0.4) is 0 Å². The predicted octanol–water partition coefficient (Wildman–Crippen LogP) is 3.26. The van der Waals surface area contributed by atoms with Crippen LogP contribution in [0.5, 0.6) is 5.75 Å². The number of aromatic hydroxyl groups is 1. The van der Waals surface area contributed by atoms with Crippen molar-refractivity contribution in [3.05, 3.63) is 101 Å². The van der Waals surface area contributed by atoms with E-state index in [1.807, 2.05) is 11.0 Å². The molecule has 0 aliphatic rings. The molecule has 0 aliphatic heterocycles. The normalized spacial score (nSPS) is 11.7. The van der Waals surface area contributed by atoms with Crippen LogP contribution in [0.4, 0.5) is 0 Å². The molecule has 0 spiro atoms. The molecule has 0 atom stereocenters. The second kappa shape index (κ2) is 10.8. The molecule has 0 aliphatic carbocycles. The summed E-state index contributed by atoms with van der Waals surface area (Å²) >= 11 is 0. The first kappa shape index (κ1) is 27.7. The maximum atomic E-state index is 12.7. The summed E-state index contributed by atoms with van der Waals surface area (Å²) in [5, 5.41) is 10.8. The number of hydrogen-bond acceptors (Lipinski definition) is 9. The summed E-state index contributed by atoms with van der Waals surface area (Å²) < 4.78 is 60.0. The van der Waals surface area contributed by atoms with Gasteiger partial charge in [0.15, 0.2) is 0 Å². The number of amides is 2. The van der Waals surface area contributed by atoms with Crippen LogP contribution in [0.25, 0.3) is 10.8 Å². The zero-order chi connectivity index (χ0) is 28.4. The Morgan fingerprint density at radius 3 is 1.72 bits per heavy atom. The zero-order valence-corrected chi connectivity index (χ0v) is 22.2. The first-order valence-corrected chi connectivity index (χ1v) is 14.1. The molecule has 4 aromatic rings. The maximum Gasteiger partial charge on any atom is 0.321 e. The van der Waals surface area contributed by atoms with E-state index in [1.165, 1.54) is 18.2 Å². The minimum atomic E-state index is -4.66. The SMILES string of the molecule is Cc1ccccc1C(=O)NOS(=O)(=O)c1ccc2cc(S(=O)(=O)ONC(=O)c3ccccc3C)c(O)cc2c1. The zero-order valence-electron chi connectivity index (χ0n) is 20.5. The lowest BCUT2D eigenvalue weighted by Gasteiger charge is -2.11. The summed E-state index contributed by atoms with van der Waals surface area (Å²) in [6.07, 6.45) is 0. The van der Waals surface area contributed by atoms with Crippen molar-refractivity contribution >= 4 is 42.8 Å². The van der Waals surface area contributed by atoms with Crippen LogP contribution in [-0.4, -0.2) is 33.8 Å². The number of aryl methyl sites for hydroxylation is 2. The van der Waals surface area contributed by atoms with Crippen LogP contribution in [0.2, 0.25) is 0 Å². The number of fused-ring (bicyclic) bond motifs is 1. The molecule has 39 heavy (non-hydrogen) atoms. The Morgan fingerprint density at radius 2 is 1.18 bits per heavy atom. The summed E-state index contributed by atoms with van der Waals surface area (Å²) in [6, 6.07) is 18.6. The number of nitrogens with one attached hydrogen (secondary N) is 2. The molecule has 202 valence electrons. The van der Waals surface area contributed by atoms with E-state index in [0.717, 1.165) is 24.3 Å². The standard InChI is InChI=1S/C26H22N2O9S2/c1-16-7-3-5-9-21(16)25(30)27-36-38(32,33)20-12-11-18-15-24(23(29)14-19(18)13-20)39(34,35)37-28-26(31)22-10-6-4-8-17(22)2/h3-15,29H,1-2H3,(H,27,30)(H,28,31). The number of carbonyl (C=O) groups excluding carboxylic acids is 2. The van der Waals surface area contributed by atoms with Gasteiger partial charge in [-0.2, -0.15) is 16.8 Å². The molecule has 4 rings (SSSR count). The highest BCUT2D eigenvalue weighted by molar-refractivity contribution is 7.87. The summed E-state index contributed by atoms with van der Waals surface area (Å²) in [4.78, 5) is 23.6. The molecule has 0 heterocycles. The number of hydroxylamine groups is 2. The first-order valence-electron chi connectivity index (χ1n) is 11.2. The summed E-state index contributed by atoms with van der Waals surface area (Å²) in [7, 11) is -9.13. The van der Waals surface area contributed by atoms with E-state index in [-0.39, 0.29) is 26.8 Å². The van der Waals surface area contributed by atoms with Gasteiger partial charge in [0.2, 0.25) is 0 Å². The van der Waals surface area contributed by atoms with Gasteiger partial charge in [0, 0.05) is 11.1 Å². The van der Waals surface area contributed by atoms with E-state index in [2.05, 4.69) is 4.28 Å². The molecular formula is C26H22N2O9S2. The van der Waals surface area contributed by atoms with E-state index in [9.17, 15) is 31.5 Å².